The van der Waals surface area contributed by atoms with Crippen molar-refractivity contribution in [2.24, 2.45) is 7.05 Å². The molecule has 0 aliphatic carbocycles. The number of amides is 1. The van der Waals surface area contributed by atoms with Gasteiger partial charge in [-0.05, 0) is 30.3 Å². The van der Waals surface area contributed by atoms with Gasteiger partial charge in [-0.1, -0.05) is 24.3 Å². The fourth-order valence-electron chi connectivity index (χ4n) is 2.91. The first kappa shape index (κ1) is 16.7. The number of carbonyl (C=O) groups excluding carboxylic acids is 1. The van der Waals surface area contributed by atoms with Crippen molar-refractivity contribution in [3.8, 4) is 16.9 Å². The molecule has 0 fully saturated rings. The third kappa shape index (κ3) is 3.10. The van der Waals surface area contributed by atoms with Gasteiger partial charge in [0.2, 0.25) is 0 Å². The van der Waals surface area contributed by atoms with E-state index in [4.69, 9.17) is 0 Å². The molecule has 0 radical (unpaired) electrons. The third-order valence-electron chi connectivity index (χ3n) is 4.13. The maximum absolute atomic E-state index is 13.4. The number of hydrogen-bond acceptors (Lipinski definition) is 3. The van der Waals surface area contributed by atoms with Crippen molar-refractivity contribution in [1.82, 2.24) is 14.3 Å². The lowest BCUT2D eigenvalue weighted by Gasteiger charge is -2.10. The molecule has 0 aromatic heterocycles. The Kier molecular flexibility index (Phi) is 4.04. The van der Waals surface area contributed by atoms with Crippen LogP contribution in [0.4, 0.5) is 10.1 Å². The van der Waals surface area contributed by atoms with Gasteiger partial charge in [0.05, 0.1) is 16.8 Å². The Bertz CT molecular complexity index is 1160. The third-order valence-corrected chi connectivity index (χ3v) is 4.13. The van der Waals surface area contributed by atoms with Crippen LogP contribution in [-0.2, 0) is 7.05 Å². The van der Waals surface area contributed by atoms with Gasteiger partial charge >= 0.3 is 0 Å². The average Bonchev–Trinajstić information content (AvgIpc) is 2.98. The molecule has 6 nitrogen and oxygen atoms in total. The van der Waals surface area contributed by atoms with Crippen LogP contribution in [0.25, 0.3) is 16.9 Å². The van der Waals surface area contributed by atoms with Crippen LogP contribution < -0.4 is 10.9 Å². The normalized spacial score (nSPS) is 10.9. The predicted molar refractivity (Wildman–Crippen MR) is 99.8 cm³/mol. The molecule has 2 aromatic rings. The number of fused-ring (bicyclic) bond motifs is 1. The molecular formula is C20H15FN4O2. The number of para-hydroxylation sites is 1. The molecule has 0 spiro atoms. The molecule has 0 unspecified atom stereocenters. The molecular weight excluding hydrogens is 347 g/mol. The molecule has 0 atom stereocenters. The zero-order chi connectivity index (χ0) is 19.0. The summed E-state index contributed by atoms with van der Waals surface area (Å²) >= 11 is 0. The highest BCUT2D eigenvalue weighted by atomic mass is 19.1. The zero-order valence-corrected chi connectivity index (χ0v) is 14.4. The van der Waals surface area contributed by atoms with Crippen molar-refractivity contribution in [1.29, 1.82) is 0 Å². The molecule has 0 bridgehead atoms. The standard InChI is InChI=1S/C20H15FN4O2/c1-24-11-16(19(26)22-14-7-5-6-13(21)10-14)18-17(12-24)20(27)25(23-18)15-8-3-2-4-9-15/h2-12H,1H3,(H,22,26). The maximum atomic E-state index is 13.4. The van der Waals surface area contributed by atoms with E-state index in [9.17, 15) is 14.0 Å². The number of benzene rings is 2. The minimum atomic E-state index is -0.473. The molecule has 0 saturated heterocycles. The van der Waals surface area contributed by atoms with E-state index in [1.54, 1.807) is 54.3 Å². The van der Waals surface area contributed by atoms with E-state index in [2.05, 4.69) is 10.4 Å². The van der Waals surface area contributed by atoms with Crippen LogP contribution >= 0.6 is 0 Å². The number of nitrogens with zero attached hydrogens (tertiary/aromatic N) is 3. The first-order chi connectivity index (χ1) is 13.0. The Morgan fingerprint density at radius 3 is 2.59 bits per heavy atom. The summed E-state index contributed by atoms with van der Waals surface area (Å²) in [5, 5.41) is 7.00. The highest BCUT2D eigenvalue weighted by molar-refractivity contribution is 6.08. The fourth-order valence-corrected chi connectivity index (χ4v) is 2.91. The summed E-state index contributed by atoms with van der Waals surface area (Å²) < 4.78 is 16.3. The topological polar surface area (TPSA) is 68.9 Å². The van der Waals surface area contributed by atoms with Gasteiger partial charge in [0.1, 0.15) is 11.5 Å². The summed E-state index contributed by atoms with van der Waals surface area (Å²) in [4.78, 5) is 25.5. The number of anilines is 1. The SMILES string of the molecule is Cn1cc(C(=O)Nc2cccc(F)c2)c2nn(-c3ccccc3)c(=O)c-2c1. The lowest BCUT2D eigenvalue weighted by Crippen LogP contribution is -2.17. The summed E-state index contributed by atoms with van der Waals surface area (Å²) in [7, 11) is 1.72. The number of carbonyl (C=O) groups is 1. The Labute approximate surface area is 153 Å². The second kappa shape index (κ2) is 6.53. The van der Waals surface area contributed by atoms with Gasteiger partial charge in [-0.2, -0.15) is 9.78 Å². The number of aromatic nitrogens is 3. The van der Waals surface area contributed by atoms with Crippen LogP contribution in [0.3, 0.4) is 0 Å². The summed E-state index contributed by atoms with van der Waals surface area (Å²) in [5.74, 6) is -0.925. The minimum Gasteiger partial charge on any atom is -0.356 e. The van der Waals surface area contributed by atoms with Gasteiger partial charge in [-0.3, -0.25) is 9.59 Å². The van der Waals surface area contributed by atoms with Crippen LogP contribution in [-0.4, -0.2) is 20.3 Å². The van der Waals surface area contributed by atoms with Gasteiger partial charge in [-0.15, -0.1) is 0 Å². The Balaban J connectivity index is 1.81. The van der Waals surface area contributed by atoms with Crippen molar-refractivity contribution in [3.05, 3.63) is 88.7 Å². The smallest absolute Gasteiger partial charge is 0.282 e. The molecule has 1 N–H and O–H groups in total. The second-order valence-corrected chi connectivity index (χ2v) is 6.12. The highest BCUT2D eigenvalue weighted by Gasteiger charge is 2.24. The molecule has 2 heterocycles. The van der Waals surface area contributed by atoms with E-state index in [0.717, 1.165) is 0 Å². The molecule has 4 rings (SSSR count). The summed E-state index contributed by atoms with van der Waals surface area (Å²) in [6, 6.07) is 14.6. The Hall–Kier alpha value is -3.74. The van der Waals surface area contributed by atoms with E-state index in [-0.39, 0.29) is 16.8 Å². The molecule has 1 amide bonds. The molecule has 2 aromatic carbocycles. The van der Waals surface area contributed by atoms with E-state index in [1.165, 1.54) is 22.9 Å². The molecule has 2 aliphatic heterocycles. The van der Waals surface area contributed by atoms with Crippen LogP contribution in [0.15, 0.2) is 71.8 Å². The molecule has 0 saturated carbocycles. The average molecular weight is 362 g/mol. The van der Waals surface area contributed by atoms with E-state index in [1.807, 2.05) is 6.07 Å². The lowest BCUT2D eigenvalue weighted by atomic mass is 10.1. The maximum Gasteiger partial charge on any atom is 0.282 e. The molecule has 7 heteroatoms. The van der Waals surface area contributed by atoms with Crippen molar-refractivity contribution >= 4 is 11.6 Å². The Morgan fingerprint density at radius 2 is 1.85 bits per heavy atom. The second-order valence-electron chi connectivity index (χ2n) is 6.12. The monoisotopic (exact) mass is 362 g/mol. The number of nitrogens with one attached hydrogen (secondary N) is 1. The highest BCUT2D eigenvalue weighted by Crippen LogP contribution is 2.23. The van der Waals surface area contributed by atoms with E-state index in [0.29, 0.717) is 16.9 Å². The van der Waals surface area contributed by atoms with Crippen LogP contribution in [0.2, 0.25) is 0 Å². The number of hydrogen-bond donors (Lipinski definition) is 1. The number of halogens is 1. The molecule has 27 heavy (non-hydrogen) atoms. The predicted octanol–water partition coefficient (Wildman–Crippen LogP) is 3.07. The van der Waals surface area contributed by atoms with Crippen LogP contribution in [0.1, 0.15) is 10.4 Å². The minimum absolute atomic E-state index is 0.228. The first-order valence-corrected chi connectivity index (χ1v) is 8.24. The number of pyridine rings is 1. The number of aryl methyl sites for hydroxylation is 1. The summed E-state index contributed by atoms with van der Waals surface area (Å²) in [6.45, 7) is 0. The van der Waals surface area contributed by atoms with E-state index >= 15 is 0 Å². The molecule has 2 aliphatic rings. The summed E-state index contributed by atoms with van der Waals surface area (Å²) in [6.07, 6.45) is 3.21. The van der Waals surface area contributed by atoms with Gasteiger partial charge in [0.15, 0.2) is 0 Å². The van der Waals surface area contributed by atoms with Gasteiger partial charge in [0, 0.05) is 25.1 Å². The zero-order valence-electron chi connectivity index (χ0n) is 14.4. The van der Waals surface area contributed by atoms with Crippen molar-refractivity contribution in [3.63, 3.8) is 0 Å². The lowest BCUT2D eigenvalue weighted by molar-refractivity contribution is 0.102. The van der Waals surface area contributed by atoms with Crippen molar-refractivity contribution < 1.29 is 9.18 Å². The summed E-state index contributed by atoms with van der Waals surface area (Å²) in [5.41, 5.74) is 1.46. The first-order valence-electron chi connectivity index (χ1n) is 8.24. The van der Waals surface area contributed by atoms with Gasteiger partial charge in [0.25, 0.3) is 11.5 Å². The van der Waals surface area contributed by atoms with Crippen LogP contribution in [0.5, 0.6) is 0 Å². The largest absolute Gasteiger partial charge is 0.356 e. The quantitative estimate of drug-likeness (QED) is 0.609. The van der Waals surface area contributed by atoms with Gasteiger partial charge in [-0.25, -0.2) is 4.39 Å². The van der Waals surface area contributed by atoms with Crippen LogP contribution in [0, 0.1) is 5.82 Å². The molecule has 134 valence electrons. The Morgan fingerprint density at radius 1 is 1.07 bits per heavy atom. The van der Waals surface area contributed by atoms with Crippen molar-refractivity contribution in [2.75, 3.05) is 5.32 Å². The number of rotatable bonds is 3. The van der Waals surface area contributed by atoms with Crippen molar-refractivity contribution in [2.45, 2.75) is 0 Å². The van der Waals surface area contributed by atoms with E-state index < -0.39 is 11.7 Å². The van der Waals surface area contributed by atoms with Gasteiger partial charge < -0.3 is 9.88 Å². The fraction of sp³-hybridized carbons (Fsp3) is 0.0500.